The highest BCUT2D eigenvalue weighted by atomic mass is 16.7. The molecule has 4 unspecified atom stereocenters. The van der Waals surface area contributed by atoms with Crippen LogP contribution >= 0.6 is 0 Å². The van der Waals surface area contributed by atoms with Crippen molar-refractivity contribution in [2.45, 2.75) is 70.4 Å². The number of hydrogen-bond donors (Lipinski definition) is 0. The Morgan fingerprint density at radius 1 is 1.00 bits per heavy atom. The van der Waals surface area contributed by atoms with Gasteiger partial charge in [-0.15, -0.1) is 0 Å². The van der Waals surface area contributed by atoms with Gasteiger partial charge in [-0.25, -0.2) is 0 Å². The van der Waals surface area contributed by atoms with E-state index in [0.29, 0.717) is 17.6 Å². The lowest BCUT2D eigenvalue weighted by Crippen LogP contribution is -2.56. The van der Waals surface area contributed by atoms with E-state index in [1.54, 1.807) is 0 Å². The van der Waals surface area contributed by atoms with Crippen molar-refractivity contribution >= 4 is 12.6 Å². The van der Waals surface area contributed by atoms with Crippen LogP contribution < -0.4 is 5.46 Å². The van der Waals surface area contributed by atoms with Gasteiger partial charge >= 0.3 is 7.12 Å². The van der Waals surface area contributed by atoms with Crippen LogP contribution in [-0.4, -0.2) is 30.5 Å². The Labute approximate surface area is 138 Å². The second-order valence-corrected chi connectivity index (χ2v) is 8.90. The molecule has 1 aromatic carbocycles. The number of ether oxygens (including phenoxy) is 1. The van der Waals surface area contributed by atoms with Crippen LogP contribution in [0.4, 0.5) is 0 Å². The summed E-state index contributed by atoms with van der Waals surface area (Å²) in [5, 5.41) is 0. The Balaban J connectivity index is 1.27. The van der Waals surface area contributed by atoms with Crippen molar-refractivity contribution in [1.82, 2.24) is 0 Å². The molecule has 2 aliphatic heterocycles. The van der Waals surface area contributed by atoms with Crippen LogP contribution in [0.25, 0.3) is 0 Å². The van der Waals surface area contributed by atoms with Crippen molar-refractivity contribution in [3.8, 4) is 0 Å². The van der Waals surface area contributed by atoms with Crippen LogP contribution in [0.2, 0.25) is 0 Å². The summed E-state index contributed by atoms with van der Waals surface area (Å²) in [4.78, 5) is 0. The first-order valence-electron chi connectivity index (χ1n) is 8.92. The van der Waals surface area contributed by atoms with E-state index in [0.717, 1.165) is 11.4 Å². The normalized spacial score (nSPS) is 41.6. The van der Waals surface area contributed by atoms with E-state index in [1.807, 2.05) is 0 Å². The zero-order valence-electron chi connectivity index (χ0n) is 14.5. The van der Waals surface area contributed by atoms with E-state index >= 15 is 0 Å². The van der Waals surface area contributed by atoms with Gasteiger partial charge in [0, 0.05) is 5.41 Å². The molecule has 3 nitrogen and oxygen atoms in total. The molecule has 2 aliphatic carbocycles. The van der Waals surface area contributed by atoms with Crippen molar-refractivity contribution in [2.75, 3.05) is 0 Å². The van der Waals surface area contributed by atoms with Crippen molar-refractivity contribution in [2.24, 2.45) is 11.3 Å². The smallest absolute Gasteiger partial charge is 0.399 e. The quantitative estimate of drug-likeness (QED) is 0.803. The van der Waals surface area contributed by atoms with Crippen LogP contribution in [0.5, 0.6) is 0 Å². The Bertz CT molecular complexity index is 637. The molecule has 2 saturated carbocycles. The van der Waals surface area contributed by atoms with Gasteiger partial charge in [-0.2, -0.15) is 0 Å². The third-order valence-corrected chi connectivity index (χ3v) is 7.15. The maximum Gasteiger partial charge on any atom is 0.494 e. The highest BCUT2D eigenvalue weighted by Gasteiger charge is 2.79. The monoisotopic (exact) mass is 312 g/mol. The molecular weight excluding hydrogens is 287 g/mol. The van der Waals surface area contributed by atoms with E-state index < -0.39 is 0 Å². The Kier molecular flexibility index (Phi) is 2.66. The highest BCUT2D eigenvalue weighted by Crippen LogP contribution is 2.75. The van der Waals surface area contributed by atoms with Gasteiger partial charge in [0.05, 0.1) is 23.4 Å². The van der Waals surface area contributed by atoms with Crippen molar-refractivity contribution in [1.29, 1.82) is 0 Å². The van der Waals surface area contributed by atoms with Crippen molar-refractivity contribution < 1.29 is 14.0 Å². The fourth-order valence-corrected chi connectivity index (χ4v) is 4.66. The molecule has 122 valence electrons. The molecule has 4 heteroatoms. The van der Waals surface area contributed by atoms with Gasteiger partial charge in [0.2, 0.25) is 0 Å². The third kappa shape index (κ3) is 1.83. The highest BCUT2D eigenvalue weighted by molar-refractivity contribution is 6.62. The summed E-state index contributed by atoms with van der Waals surface area (Å²) < 4.78 is 18.0. The second-order valence-electron chi connectivity index (χ2n) is 8.90. The number of benzene rings is 1. The van der Waals surface area contributed by atoms with Crippen LogP contribution in [0, 0.1) is 11.3 Å². The van der Waals surface area contributed by atoms with E-state index in [1.165, 1.54) is 24.8 Å². The molecule has 4 atom stereocenters. The zero-order chi connectivity index (χ0) is 16.0. The van der Waals surface area contributed by atoms with E-state index in [9.17, 15) is 0 Å². The van der Waals surface area contributed by atoms with Gasteiger partial charge in [0.1, 0.15) is 0 Å². The van der Waals surface area contributed by atoms with Crippen molar-refractivity contribution in [3.05, 3.63) is 29.8 Å². The molecule has 0 radical (unpaired) electrons. The molecule has 2 saturated heterocycles. The topological polar surface area (TPSA) is 27.7 Å². The fraction of sp³-hybridized carbons (Fsp3) is 0.684. The average Bonchev–Trinajstić information content (AvgIpc) is 3.11. The third-order valence-electron chi connectivity index (χ3n) is 7.15. The molecule has 4 fully saturated rings. The maximum atomic E-state index is 6.13. The molecule has 0 bridgehead atoms. The number of hydrogen-bond acceptors (Lipinski definition) is 3. The minimum absolute atomic E-state index is 0.256. The van der Waals surface area contributed by atoms with Gasteiger partial charge in [0.25, 0.3) is 0 Å². The Morgan fingerprint density at radius 3 is 2.17 bits per heavy atom. The molecule has 0 aromatic heterocycles. The standard InChI is InChI=1S/C19H25BO3/c1-17(2)18(3,4)23-20(22-17)14-7-5-12(6-8-14)9-13-10-15-19(13)11-16(19)21-15/h5-8,13,15-16H,9-11H2,1-4H3. The fourth-order valence-electron chi connectivity index (χ4n) is 4.66. The van der Waals surface area contributed by atoms with Crippen LogP contribution in [-0.2, 0) is 20.5 Å². The molecule has 5 rings (SSSR count). The van der Waals surface area contributed by atoms with E-state index in [-0.39, 0.29) is 18.3 Å². The first kappa shape index (κ1) is 14.5. The Morgan fingerprint density at radius 2 is 1.65 bits per heavy atom. The summed E-state index contributed by atoms with van der Waals surface area (Å²) >= 11 is 0. The minimum atomic E-state index is -0.276. The predicted octanol–water partition coefficient (Wildman–Crippen LogP) is 2.71. The average molecular weight is 312 g/mol. The van der Waals surface area contributed by atoms with Crippen molar-refractivity contribution in [3.63, 3.8) is 0 Å². The predicted molar refractivity (Wildman–Crippen MR) is 89.7 cm³/mol. The molecule has 1 spiro atoms. The molecule has 1 aromatic rings. The zero-order valence-corrected chi connectivity index (χ0v) is 14.5. The molecule has 0 N–H and O–H groups in total. The second kappa shape index (κ2) is 4.22. The molecular formula is C19H25BO3. The minimum Gasteiger partial charge on any atom is -0.399 e. The lowest BCUT2D eigenvalue weighted by molar-refractivity contribution is -0.214. The summed E-state index contributed by atoms with van der Waals surface area (Å²) in [6.07, 6.45) is 4.97. The molecule has 2 heterocycles. The van der Waals surface area contributed by atoms with Gasteiger partial charge in [0.15, 0.2) is 0 Å². The lowest BCUT2D eigenvalue weighted by Gasteiger charge is -2.53. The van der Waals surface area contributed by atoms with Gasteiger partial charge in [-0.05, 0) is 63.9 Å². The molecule has 4 aliphatic rings. The van der Waals surface area contributed by atoms with Crippen LogP contribution in [0.15, 0.2) is 24.3 Å². The summed E-state index contributed by atoms with van der Waals surface area (Å²) in [6, 6.07) is 8.85. The summed E-state index contributed by atoms with van der Waals surface area (Å²) in [7, 11) is -0.256. The van der Waals surface area contributed by atoms with Gasteiger partial charge in [-0.3, -0.25) is 0 Å². The van der Waals surface area contributed by atoms with E-state index in [4.69, 9.17) is 14.0 Å². The van der Waals surface area contributed by atoms with Gasteiger partial charge < -0.3 is 14.0 Å². The summed E-state index contributed by atoms with van der Waals surface area (Å²) in [5.41, 5.74) is 2.60. The summed E-state index contributed by atoms with van der Waals surface area (Å²) in [5.74, 6) is 0.842. The SMILES string of the molecule is CC1(C)OB(c2ccc(CC3CC4OC5CC345)cc2)OC1(C)C. The van der Waals surface area contributed by atoms with E-state index in [2.05, 4.69) is 52.0 Å². The molecule has 0 amide bonds. The van der Waals surface area contributed by atoms with Crippen LogP contribution in [0.3, 0.4) is 0 Å². The number of rotatable bonds is 3. The first-order chi connectivity index (χ1) is 10.8. The van der Waals surface area contributed by atoms with Crippen LogP contribution in [0.1, 0.15) is 46.1 Å². The largest absolute Gasteiger partial charge is 0.494 e. The Hall–Kier alpha value is -0.835. The summed E-state index contributed by atoms with van der Waals surface area (Å²) in [6.45, 7) is 8.39. The lowest BCUT2D eigenvalue weighted by atomic mass is 9.62. The van der Waals surface area contributed by atoms with Gasteiger partial charge in [-0.1, -0.05) is 24.3 Å². The maximum absolute atomic E-state index is 6.13. The first-order valence-corrected chi connectivity index (χ1v) is 8.92. The molecule has 23 heavy (non-hydrogen) atoms.